The minimum atomic E-state index is -3.55. The molecule has 1 aromatic carbocycles. The Bertz CT molecular complexity index is 968. The molecule has 0 fully saturated rings. The number of aryl methyl sites for hydroxylation is 2. The Kier molecular flexibility index (Phi) is 4.91. The second-order valence-corrected chi connectivity index (χ2v) is 7.43. The van der Waals surface area contributed by atoms with Crippen molar-refractivity contribution in [1.29, 1.82) is 0 Å². The smallest absolute Gasteiger partial charge is 0.240 e. The fourth-order valence-electron chi connectivity index (χ4n) is 2.38. The zero-order valence-corrected chi connectivity index (χ0v) is 14.9. The Balaban J connectivity index is 1.69. The summed E-state index contributed by atoms with van der Waals surface area (Å²) in [5, 5.41) is 0. The van der Waals surface area contributed by atoms with Gasteiger partial charge in [-0.2, -0.15) is 0 Å². The average molecular weight is 357 g/mol. The fraction of sp³-hybridized carbons (Fsp3) is 0.235. The van der Waals surface area contributed by atoms with Gasteiger partial charge >= 0.3 is 0 Å². The van der Waals surface area contributed by atoms with Crippen molar-refractivity contribution in [2.75, 3.05) is 6.54 Å². The molecule has 0 amide bonds. The molecule has 25 heavy (non-hydrogen) atoms. The Morgan fingerprint density at radius 3 is 2.52 bits per heavy atom. The van der Waals surface area contributed by atoms with Crippen LogP contribution in [0.25, 0.3) is 11.6 Å². The van der Waals surface area contributed by atoms with E-state index in [9.17, 15) is 8.42 Å². The molecule has 0 aliphatic carbocycles. The molecule has 0 spiro atoms. The third kappa shape index (κ3) is 3.92. The van der Waals surface area contributed by atoms with Gasteiger partial charge in [0.15, 0.2) is 11.6 Å². The summed E-state index contributed by atoms with van der Waals surface area (Å²) in [5.74, 6) is 1.11. The van der Waals surface area contributed by atoms with Gasteiger partial charge in [-0.3, -0.25) is 0 Å². The number of imidazole rings is 1. The van der Waals surface area contributed by atoms with Gasteiger partial charge in [0.1, 0.15) is 0 Å². The molecule has 0 unspecified atom stereocenters. The molecule has 0 radical (unpaired) electrons. The van der Waals surface area contributed by atoms with Gasteiger partial charge in [0.05, 0.1) is 4.90 Å². The van der Waals surface area contributed by atoms with Crippen molar-refractivity contribution in [3.8, 4) is 11.6 Å². The summed E-state index contributed by atoms with van der Waals surface area (Å²) in [6.45, 7) is 4.51. The highest BCUT2D eigenvalue weighted by atomic mass is 32.2. The number of rotatable bonds is 6. The Labute approximate surface area is 146 Å². The maximum Gasteiger partial charge on any atom is 0.240 e. The van der Waals surface area contributed by atoms with E-state index in [1.807, 2.05) is 24.5 Å². The average Bonchev–Trinajstić information content (AvgIpc) is 3.06. The van der Waals surface area contributed by atoms with Gasteiger partial charge in [0.2, 0.25) is 10.0 Å². The predicted octanol–water partition coefficient (Wildman–Crippen LogP) is 1.94. The number of nitrogens with one attached hydrogen (secondary N) is 1. The van der Waals surface area contributed by atoms with Gasteiger partial charge < -0.3 is 4.57 Å². The fourth-order valence-corrected chi connectivity index (χ4v) is 3.48. The summed E-state index contributed by atoms with van der Waals surface area (Å²) in [6, 6.07) is 6.84. The van der Waals surface area contributed by atoms with E-state index in [-0.39, 0.29) is 11.4 Å². The molecule has 0 bridgehead atoms. The van der Waals surface area contributed by atoms with Gasteiger partial charge in [-0.1, -0.05) is 6.07 Å². The van der Waals surface area contributed by atoms with Gasteiger partial charge in [0.25, 0.3) is 0 Å². The lowest BCUT2D eigenvalue weighted by atomic mass is 10.1. The lowest BCUT2D eigenvalue weighted by Crippen LogP contribution is -2.27. The van der Waals surface area contributed by atoms with Crippen molar-refractivity contribution in [1.82, 2.24) is 24.2 Å². The van der Waals surface area contributed by atoms with Gasteiger partial charge in [0, 0.05) is 37.9 Å². The topological polar surface area (TPSA) is 89.8 Å². The van der Waals surface area contributed by atoms with Crippen LogP contribution in [0.4, 0.5) is 0 Å². The van der Waals surface area contributed by atoms with Crippen LogP contribution in [-0.4, -0.2) is 34.5 Å². The first kappa shape index (κ1) is 17.2. The highest BCUT2D eigenvalue weighted by Gasteiger charge is 2.15. The summed E-state index contributed by atoms with van der Waals surface area (Å²) in [4.78, 5) is 12.9. The van der Waals surface area contributed by atoms with Crippen LogP contribution in [0.1, 0.15) is 11.1 Å². The van der Waals surface area contributed by atoms with E-state index in [2.05, 4.69) is 19.7 Å². The molecule has 130 valence electrons. The van der Waals surface area contributed by atoms with Gasteiger partial charge in [-0.25, -0.2) is 28.1 Å². The van der Waals surface area contributed by atoms with Crippen LogP contribution >= 0.6 is 0 Å². The maximum absolute atomic E-state index is 12.4. The molecule has 0 aliphatic rings. The van der Waals surface area contributed by atoms with Crippen molar-refractivity contribution in [3.05, 3.63) is 60.2 Å². The second-order valence-electron chi connectivity index (χ2n) is 5.66. The Morgan fingerprint density at radius 2 is 1.80 bits per heavy atom. The highest BCUT2D eigenvalue weighted by molar-refractivity contribution is 7.89. The number of sulfonamides is 1. The minimum absolute atomic E-state index is 0.242. The Hall–Kier alpha value is -2.58. The highest BCUT2D eigenvalue weighted by Crippen LogP contribution is 2.15. The third-order valence-corrected chi connectivity index (χ3v) is 5.37. The lowest BCUT2D eigenvalue weighted by Gasteiger charge is -2.10. The summed E-state index contributed by atoms with van der Waals surface area (Å²) in [6.07, 6.45) is 6.70. The molecular formula is C17H19N5O2S. The van der Waals surface area contributed by atoms with Crippen LogP contribution in [0.3, 0.4) is 0 Å². The van der Waals surface area contributed by atoms with Crippen LogP contribution in [0, 0.1) is 13.8 Å². The first-order valence-corrected chi connectivity index (χ1v) is 9.31. The van der Waals surface area contributed by atoms with E-state index in [1.54, 1.807) is 43.0 Å². The normalized spacial score (nSPS) is 11.6. The third-order valence-electron chi connectivity index (χ3n) is 3.91. The Morgan fingerprint density at radius 1 is 1.04 bits per heavy atom. The van der Waals surface area contributed by atoms with E-state index in [0.29, 0.717) is 18.2 Å². The van der Waals surface area contributed by atoms with Crippen molar-refractivity contribution in [2.24, 2.45) is 0 Å². The lowest BCUT2D eigenvalue weighted by molar-refractivity contribution is 0.573. The first-order valence-electron chi connectivity index (χ1n) is 7.83. The molecule has 0 aliphatic heterocycles. The molecule has 0 saturated carbocycles. The minimum Gasteiger partial charge on any atom is -0.327 e. The predicted molar refractivity (Wildman–Crippen MR) is 94.4 cm³/mol. The molecule has 8 heteroatoms. The van der Waals surface area contributed by atoms with Crippen LogP contribution < -0.4 is 4.72 Å². The monoisotopic (exact) mass is 357 g/mol. The van der Waals surface area contributed by atoms with Crippen LogP contribution in [0.15, 0.2) is 53.9 Å². The zero-order chi connectivity index (χ0) is 17.9. The van der Waals surface area contributed by atoms with Crippen molar-refractivity contribution < 1.29 is 8.42 Å². The summed E-state index contributed by atoms with van der Waals surface area (Å²) >= 11 is 0. The zero-order valence-electron chi connectivity index (χ0n) is 14.0. The molecule has 3 rings (SSSR count). The van der Waals surface area contributed by atoms with E-state index in [0.717, 1.165) is 11.1 Å². The van der Waals surface area contributed by atoms with Crippen LogP contribution in [0.2, 0.25) is 0 Å². The van der Waals surface area contributed by atoms with Crippen LogP contribution in [0.5, 0.6) is 0 Å². The molecule has 7 nitrogen and oxygen atoms in total. The number of hydrogen-bond acceptors (Lipinski definition) is 5. The molecule has 2 aromatic heterocycles. The molecular weight excluding hydrogens is 338 g/mol. The van der Waals surface area contributed by atoms with Crippen molar-refractivity contribution >= 4 is 10.0 Å². The quantitative estimate of drug-likeness (QED) is 0.728. The van der Waals surface area contributed by atoms with E-state index < -0.39 is 10.0 Å². The largest absolute Gasteiger partial charge is 0.327 e. The van der Waals surface area contributed by atoms with Gasteiger partial charge in [-0.05, 0) is 43.2 Å². The summed E-state index contributed by atoms with van der Waals surface area (Å²) < 4.78 is 29.3. The molecule has 1 N–H and O–H groups in total. The van der Waals surface area contributed by atoms with Gasteiger partial charge in [-0.15, -0.1) is 0 Å². The van der Waals surface area contributed by atoms with E-state index in [4.69, 9.17) is 0 Å². The van der Waals surface area contributed by atoms with Crippen molar-refractivity contribution in [2.45, 2.75) is 25.3 Å². The SMILES string of the molecule is Cc1ccc(S(=O)(=O)NCCn2ccnc2-c2ncccn2)cc1C. The van der Waals surface area contributed by atoms with E-state index in [1.165, 1.54) is 0 Å². The number of hydrogen-bond donors (Lipinski definition) is 1. The second kappa shape index (κ2) is 7.12. The molecule has 0 saturated heterocycles. The number of aromatic nitrogens is 4. The maximum atomic E-state index is 12.4. The number of benzene rings is 1. The molecule has 2 heterocycles. The number of nitrogens with zero attached hydrogens (tertiary/aromatic N) is 4. The van der Waals surface area contributed by atoms with Crippen molar-refractivity contribution in [3.63, 3.8) is 0 Å². The molecule has 0 atom stereocenters. The van der Waals surface area contributed by atoms with Crippen LogP contribution in [-0.2, 0) is 16.6 Å². The molecule has 3 aromatic rings. The summed E-state index contributed by atoms with van der Waals surface area (Å²) in [7, 11) is -3.55. The first-order chi connectivity index (χ1) is 12.0. The van der Waals surface area contributed by atoms with E-state index >= 15 is 0 Å². The summed E-state index contributed by atoms with van der Waals surface area (Å²) in [5.41, 5.74) is 2.01. The standard InChI is InChI=1S/C17H19N5O2S/c1-13-4-5-15(12-14(13)2)25(23,24)21-9-11-22-10-8-20-17(22)16-18-6-3-7-19-16/h3-8,10,12,21H,9,11H2,1-2H3.